The summed E-state index contributed by atoms with van der Waals surface area (Å²) in [6, 6.07) is 19.9. The van der Waals surface area contributed by atoms with Crippen LogP contribution in [0.1, 0.15) is 48.0 Å². The average molecular weight is 370 g/mol. The zero-order chi connectivity index (χ0) is 18.9. The second-order valence-electron chi connectivity index (χ2n) is 8.37. The van der Waals surface area contributed by atoms with Crippen molar-refractivity contribution in [2.24, 2.45) is 5.92 Å². The van der Waals surface area contributed by atoms with Gasteiger partial charge in [-0.3, -0.25) is 14.7 Å². The van der Waals surface area contributed by atoms with Gasteiger partial charge in [0.2, 0.25) is 0 Å². The van der Waals surface area contributed by atoms with Crippen molar-refractivity contribution in [3.05, 3.63) is 78.1 Å². The number of carbonyl (C=O) groups excluding carboxylic acids is 1. The minimum absolute atomic E-state index is 0.154. The number of hydrogen-bond acceptors (Lipinski definition) is 3. The molecule has 2 unspecified atom stereocenters. The van der Waals surface area contributed by atoms with Crippen LogP contribution in [0.3, 0.4) is 0 Å². The zero-order valence-corrected chi connectivity index (χ0v) is 16.1. The van der Waals surface area contributed by atoms with Gasteiger partial charge in [-0.2, -0.15) is 0 Å². The predicted molar refractivity (Wildman–Crippen MR) is 112 cm³/mol. The van der Waals surface area contributed by atoms with Gasteiger partial charge >= 0.3 is 0 Å². The molecule has 3 aromatic rings. The molecule has 5 rings (SSSR count). The zero-order valence-electron chi connectivity index (χ0n) is 16.1. The molecule has 0 N–H and O–H groups in total. The van der Waals surface area contributed by atoms with E-state index in [0.717, 1.165) is 35.7 Å². The van der Waals surface area contributed by atoms with Crippen LogP contribution in [-0.4, -0.2) is 27.8 Å². The van der Waals surface area contributed by atoms with Gasteiger partial charge in [-0.05, 0) is 48.8 Å². The molecule has 0 amide bonds. The highest BCUT2D eigenvalue weighted by Gasteiger charge is 2.40. The molecule has 2 aliphatic rings. The molecule has 28 heavy (non-hydrogen) atoms. The van der Waals surface area contributed by atoms with E-state index in [1.54, 1.807) is 6.20 Å². The largest absolute Gasteiger partial charge is 0.294 e. The lowest BCUT2D eigenvalue weighted by Gasteiger charge is -2.48. The van der Waals surface area contributed by atoms with E-state index in [-0.39, 0.29) is 5.92 Å². The molecule has 3 heterocycles. The number of Topliss-reactive ketones (excluding diaryl/α,β-unsaturated/α-hetero) is 1. The normalized spacial score (nSPS) is 24.9. The monoisotopic (exact) mass is 370 g/mol. The SMILES string of the molecule is O=C(c1ccc2cnccc2c1)C1CC2CCCC(C1)N2Cc1ccccc1. The van der Waals surface area contributed by atoms with Gasteiger partial charge in [-0.15, -0.1) is 0 Å². The quantitative estimate of drug-likeness (QED) is 0.588. The van der Waals surface area contributed by atoms with E-state index in [2.05, 4.69) is 40.2 Å². The van der Waals surface area contributed by atoms with Crippen LogP contribution in [0.15, 0.2) is 67.0 Å². The summed E-state index contributed by atoms with van der Waals surface area (Å²) in [6.07, 6.45) is 9.38. The minimum atomic E-state index is 0.154. The highest BCUT2D eigenvalue weighted by atomic mass is 16.1. The molecule has 3 heteroatoms. The molecule has 2 aromatic carbocycles. The number of ketones is 1. The van der Waals surface area contributed by atoms with Gasteiger partial charge in [0.1, 0.15) is 0 Å². The third kappa shape index (κ3) is 3.35. The molecule has 2 bridgehead atoms. The van der Waals surface area contributed by atoms with Crippen LogP contribution in [0.2, 0.25) is 0 Å². The maximum atomic E-state index is 13.3. The van der Waals surface area contributed by atoms with Crippen molar-refractivity contribution in [2.45, 2.75) is 50.7 Å². The standard InChI is InChI=1S/C25H26N2O/c28-25(20-9-10-21-16-26-12-11-19(21)13-20)22-14-23-7-4-8-24(15-22)27(23)17-18-5-2-1-3-6-18/h1-3,5-6,9-13,16,22-24H,4,7-8,14-15,17H2. The Balaban J connectivity index is 1.35. The van der Waals surface area contributed by atoms with Crippen LogP contribution in [0, 0.1) is 5.92 Å². The second-order valence-corrected chi connectivity index (χ2v) is 8.37. The average Bonchev–Trinajstić information content (AvgIpc) is 2.73. The van der Waals surface area contributed by atoms with Crippen LogP contribution in [0.25, 0.3) is 10.8 Å². The summed E-state index contributed by atoms with van der Waals surface area (Å²) in [7, 11) is 0. The van der Waals surface area contributed by atoms with Gasteiger partial charge in [0.25, 0.3) is 0 Å². The number of pyridine rings is 1. The number of nitrogens with zero attached hydrogens (tertiary/aromatic N) is 2. The molecule has 0 saturated carbocycles. The number of fused-ring (bicyclic) bond motifs is 3. The van der Waals surface area contributed by atoms with E-state index in [9.17, 15) is 4.79 Å². The van der Waals surface area contributed by atoms with Crippen LogP contribution < -0.4 is 0 Å². The number of hydrogen-bond donors (Lipinski definition) is 0. The molecule has 0 spiro atoms. The Labute approximate surface area is 166 Å². The smallest absolute Gasteiger partial charge is 0.166 e. The van der Waals surface area contributed by atoms with Gasteiger partial charge in [0.05, 0.1) is 0 Å². The highest BCUT2D eigenvalue weighted by Crippen LogP contribution is 2.39. The molecule has 1 aromatic heterocycles. The molecule has 0 aliphatic carbocycles. The lowest BCUT2D eigenvalue weighted by Crippen LogP contribution is -2.52. The molecule has 2 saturated heterocycles. The fourth-order valence-electron chi connectivity index (χ4n) is 5.22. The maximum Gasteiger partial charge on any atom is 0.166 e. The second kappa shape index (κ2) is 7.48. The van der Waals surface area contributed by atoms with Crippen LogP contribution >= 0.6 is 0 Å². The summed E-state index contributed by atoms with van der Waals surface area (Å²) in [5.41, 5.74) is 2.24. The Morgan fingerprint density at radius 1 is 0.964 bits per heavy atom. The van der Waals surface area contributed by atoms with Crippen LogP contribution in [-0.2, 0) is 6.54 Å². The van der Waals surface area contributed by atoms with Crippen molar-refractivity contribution in [1.29, 1.82) is 0 Å². The Hall–Kier alpha value is -2.52. The first-order chi connectivity index (χ1) is 13.8. The summed E-state index contributed by atoms with van der Waals surface area (Å²) >= 11 is 0. The summed E-state index contributed by atoms with van der Waals surface area (Å²) < 4.78 is 0. The first-order valence-corrected chi connectivity index (χ1v) is 10.5. The Kier molecular flexibility index (Phi) is 4.69. The third-order valence-corrected chi connectivity index (χ3v) is 6.63. The molecule has 2 fully saturated rings. The van der Waals surface area contributed by atoms with Gasteiger partial charge in [-0.1, -0.05) is 48.9 Å². The molecular formula is C25H26N2O. The molecule has 0 radical (unpaired) electrons. The van der Waals surface area contributed by atoms with E-state index < -0.39 is 0 Å². The van der Waals surface area contributed by atoms with Crippen molar-refractivity contribution in [2.75, 3.05) is 0 Å². The highest BCUT2D eigenvalue weighted by molar-refractivity contribution is 6.01. The lowest BCUT2D eigenvalue weighted by atomic mass is 9.75. The summed E-state index contributed by atoms with van der Waals surface area (Å²) in [5, 5.41) is 2.19. The van der Waals surface area contributed by atoms with Crippen LogP contribution in [0.5, 0.6) is 0 Å². The molecule has 3 nitrogen and oxygen atoms in total. The Morgan fingerprint density at radius 3 is 2.54 bits per heavy atom. The summed E-state index contributed by atoms with van der Waals surface area (Å²) in [4.78, 5) is 20.1. The molecule has 2 atom stereocenters. The first kappa shape index (κ1) is 17.6. The Bertz CT molecular complexity index is 970. The van der Waals surface area contributed by atoms with Gasteiger partial charge in [0.15, 0.2) is 5.78 Å². The Morgan fingerprint density at radius 2 is 1.75 bits per heavy atom. The predicted octanol–water partition coefficient (Wildman–Crippen LogP) is 5.25. The fraction of sp³-hybridized carbons (Fsp3) is 0.360. The minimum Gasteiger partial charge on any atom is -0.294 e. The van der Waals surface area contributed by atoms with Crippen molar-refractivity contribution >= 4 is 16.6 Å². The van der Waals surface area contributed by atoms with Gasteiger partial charge in [0, 0.05) is 47.9 Å². The van der Waals surface area contributed by atoms with Crippen molar-refractivity contribution in [3.63, 3.8) is 0 Å². The molecular weight excluding hydrogens is 344 g/mol. The van der Waals surface area contributed by atoms with E-state index >= 15 is 0 Å². The molecule has 142 valence electrons. The van der Waals surface area contributed by atoms with E-state index in [1.165, 1.54) is 24.8 Å². The molecule has 2 aliphatic heterocycles. The number of benzene rings is 2. The van der Waals surface area contributed by atoms with Crippen molar-refractivity contribution in [3.8, 4) is 0 Å². The number of rotatable bonds is 4. The third-order valence-electron chi connectivity index (χ3n) is 6.63. The van der Waals surface area contributed by atoms with Crippen molar-refractivity contribution < 1.29 is 4.79 Å². The van der Waals surface area contributed by atoms with Crippen molar-refractivity contribution in [1.82, 2.24) is 9.88 Å². The lowest BCUT2D eigenvalue weighted by molar-refractivity contribution is 0.00907. The maximum absolute atomic E-state index is 13.3. The van der Waals surface area contributed by atoms with Crippen LogP contribution in [0.4, 0.5) is 0 Å². The number of carbonyl (C=O) groups is 1. The fourth-order valence-corrected chi connectivity index (χ4v) is 5.22. The van der Waals surface area contributed by atoms with E-state index in [1.807, 2.05) is 30.5 Å². The van der Waals surface area contributed by atoms with Gasteiger partial charge < -0.3 is 0 Å². The summed E-state index contributed by atoms with van der Waals surface area (Å²) in [5.74, 6) is 0.483. The number of aromatic nitrogens is 1. The van der Waals surface area contributed by atoms with Gasteiger partial charge in [-0.25, -0.2) is 0 Å². The topological polar surface area (TPSA) is 33.2 Å². The number of piperidine rings is 2. The van der Waals surface area contributed by atoms with E-state index in [4.69, 9.17) is 0 Å². The first-order valence-electron chi connectivity index (χ1n) is 10.5. The summed E-state index contributed by atoms with van der Waals surface area (Å²) in [6.45, 7) is 1.01. The van der Waals surface area contributed by atoms with E-state index in [0.29, 0.717) is 17.9 Å².